The summed E-state index contributed by atoms with van der Waals surface area (Å²) in [5.74, 6) is 1.27. The molecule has 30 heavy (non-hydrogen) atoms. The van der Waals surface area contributed by atoms with Crippen LogP contribution in [-0.4, -0.2) is 67.5 Å². The number of hydrogen-bond donors (Lipinski definition) is 4. The van der Waals surface area contributed by atoms with Crippen molar-refractivity contribution in [2.75, 3.05) is 64.0 Å². The molecule has 0 spiro atoms. The fraction of sp³-hybridized carbons (Fsp3) is 0.500. The highest BCUT2D eigenvalue weighted by Gasteiger charge is 2.23. The summed E-state index contributed by atoms with van der Waals surface area (Å²) in [6.45, 7) is 6.52. The van der Waals surface area contributed by atoms with Gasteiger partial charge in [-0.15, -0.1) is 0 Å². The van der Waals surface area contributed by atoms with Crippen molar-refractivity contribution in [1.82, 2.24) is 15.2 Å². The van der Waals surface area contributed by atoms with Crippen molar-refractivity contribution in [1.29, 1.82) is 0 Å². The molecule has 1 atom stereocenters. The summed E-state index contributed by atoms with van der Waals surface area (Å²) in [5.41, 5.74) is 15.1. The molecule has 8 heteroatoms. The number of aromatic nitrogens is 1. The van der Waals surface area contributed by atoms with E-state index in [0.29, 0.717) is 29.3 Å². The second-order valence-corrected chi connectivity index (χ2v) is 7.89. The third-order valence-electron chi connectivity index (χ3n) is 5.89. The summed E-state index contributed by atoms with van der Waals surface area (Å²) in [7, 11) is 0. The predicted molar refractivity (Wildman–Crippen MR) is 118 cm³/mol. The van der Waals surface area contributed by atoms with Crippen LogP contribution in [0.4, 0.5) is 11.5 Å². The van der Waals surface area contributed by atoms with Gasteiger partial charge in [0.15, 0.2) is 0 Å². The van der Waals surface area contributed by atoms with Crippen LogP contribution < -0.4 is 21.5 Å². The number of nitrogens with zero attached hydrogens (tertiary/aromatic N) is 2. The molecule has 3 heterocycles. The van der Waals surface area contributed by atoms with E-state index >= 15 is 0 Å². The van der Waals surface area contributed by atoms with Crippen LogP contribution in [0.2, 0.25) is 0 Å². The topological polar surface area (TPSA) is 119 Å². The van der Waals surface area contributed by atoms with Crippen LogP contribution in [0.5, 0.6) is 11.5 Å². The van der Waals surface area contributed by atoms with Gasteiger partial charge in [-0.1, -0.05) is 6.07 Å². The van der Waals surface area contributed by atoms with Gasteiger partial charge in [-0.05, 0) is 49.1 Å². The van der Waals surface area contributed by atoms with Crippen LogP contribution in [0.15, 0.2) is 24.3 Å². The van der Waals surface area contributed by atoms with Gasteiger partial charge >= 0.3 is 0 Å². The maximum atomic E-state index is 10.6. The van der Waals surface area contributed by atoms with E-state index in [1.54, 1.807) is 12.1 Å². The highest BCUT2D eigenvalue weighted by atomic mass is 16.5. The van der Waals surface area contributed by atoms with E-state index in [-0.39, 0.29) is 17.5 Å². The minimum Gasteiger partial charge on any atom is -0.507 e. The number of morpholine rings is 1. The smallest absolute Gasteiger partial charge is 0.147 e. The van der Waals surface area contributed by atoms with Crippen LogP contribution in [0.1, 0.15) is 24.3 Å². The Labute approximate surface area is 177 Å². The van der Waals surface area contributed by atoms with E-state index < -0.39 is 0 Å². The van der Waals surface area contributed by atoms with E-state index in [1.165, 1.54) is 0 Å². The Morgan fingerprint density at radius 1 is 1.27 bits per heavy atom. The average molecular weight is 414 g/mol. The van der Waals surface area contributed by atoms with Gasteiger partial charge in [0, 0.05) is 26.2 Å². The molecule has 162 valence electrons. The number of benzene rings is 1. The Balaban J connectivity index is 1.59. The lowest BCUT2D eigenvalue weighted by Gasteiger charge is -2.27. The molecule has 1 unspecified atom stereocenters. The monoisotopic (exact) mass is 413 g/mol. The van der Waals surface area contributed by atoms with E-state index in [1.807, 2.05) is 12.1 Å². The largest absolute Gasteiger partial charge is 0.507 e. The second kappa shape index (κ2) is 9.51. The van der Waals surface area contributed by atoms with Gasteiger partial charge in [-0.3, -0.25) is 4.90 Å². The molecular formula is C22H31N5O3. The first-order valence-corrected chi connectivity index (χ1v) is 10.7. The molecule has 1 aromatic carbocycles. The molecule has 2 aromatic rings. The Morgan fingerprint density at radius 2 is 2.10 bits per heavy atom. The molecular weight excluding hydrogens is 382 g/mol. The number of anilines is 2. The SMILES string of the molecule is Nc1nc(-c2c(O)cccc2OCCN2CCOCC2)cc(C2CCCNC2)c1N. The van der Waals surface area contributed by atoms with Crippen LogP contribution in [0, 0.1) is 0 Å². The fourth-order valence-corrected chi connectivity index (χ4v) is 4.19. The molecule has 2 saturated heterocycles. The van der Waals surface area contributed by atoms with Crippen molar-refractivity contribution in [2.45, 2.75) is 18.8 Å². The number of ether oxygens (including phenoxy) is 2. The van der Waals surface area contributed by atoms with Gasteiger partial charge in [0.1, 0.15) is 23.9 Å². The number of nitrogens with one attached hydrogen (secondary N) is 1. The average Bonchev–Trinajstić information content (AvgIpc) is 2.77. The van der Waals surface area contributed by atoms with Crippen molar-refractivity contribution in [3.8, 4) is 22.8 Å². The van der Waals surface area contributed by atoms with Crippen molar-refractivity contribution < 1.29 is 14.6 Å². The number of nitrogen functional groups attached to an aromatic ring is 2. The third kappa shape index (κ3) is 4.61. The first kappa shape index (κ1) is 20.7. The molecule has 4 rings (SSSR count). The van der Waals surface area contributed by atoms with E-state index in [9.17, 15) is 5.11 Å². The van der Waals surface area contributed by atoms with Gasteiger partial charge in [0.05, 0.1) is 30.2 Å². The molecule has 8 nitrogen and oxygen atoms in total. The molecule has 2 aliphatic rings. The van der Waals surface area contributed by atoms with E-state index in [0.717, 1.165) is 64.3 Å². The molecule has 0 aliphatic carbocycles. The molecule has 0 radical (unpaired) electrons. The number of nitrogens with two attached hydrogens (primary N) is 2. The number of phenolic OH excluding ortho intramolecular Hbond substituents is 1. The van der Waals surface area contributed by atoms with Crippen molar-refractivity contribution in [3.63, 3.8) is 0 Å². The Kier molecular flexibility index (Phi) is 6.56. The van der Waals surface area contributed by atoms with Crippen LogP contribution in [0.25, 0.3) is 11.3 Å². The lowest BCUT2D eigenvalue weighted by atomic mass is 9.89. The maximum Gasteiger partial charge on any atom is 0.147 e. The van der Waals surface area contributed by atoms with Gasteiger partial charge < -0.3 is 31.4 Å². The predicted octanol–water partition coefficient (Wildman–Crippen LogP) is 1.80. The van der Waals surface area contributed by atoms with Gasteiger partial charge in [-0.2, -0.15) is 0 Å². The lowest BCUT2D eigenvalue weighted by molar-refractivity contribution is 0.0323. The summed E-state index contributed by atoms with van der Waals surface area (Å²) in [5, 5.41) is 14.0. The number of rotatable bonds is 6. The highest BCUT2D eigenvalue weighted by Crippen LogP contribution is 2.40. The van der Waals surface area contributed by atoms with Crippen molar-refractivity contribution in [2.24, 2.45) is 0 Å². The minimum atomic E-state index is 0.114. The highest BCUT2D eigenvalue weighted by molar-refractivity contribution is 5.78. The summed E-state index contributed by atoms with van der Waals surface area (Å²) in [6, 6.07) is 7.22. The number of aromatic hydroxyl groups is 1. The van der Waals surface area contributed by atoms with Crippen molar-refractivity contribution >= 4 is 11.5 Å². The molecule has 1 aromatic heterocycles. The Morgan fingerprint density at radius 3 is 2.87 bits per heavy atom. The first-order valence-electron chi connectivity index (χ1n) is 10.7. The summed E-state index contributed by atoms with van der Waals surface area (Å²) >= 11 is 0. The zero-order valence-electron chi connectivity index (χ0n) is 17.3. The second-order valence-electron chi connectivity index (χ2n) is 7.89. The van der Waals surface area contributed by atoms with Gasteiger partial charge in [0.2, 0.25) is 0 Å². The standard InChI is InChI=1S/C22H31N5O3/c23-21-16(15-3-2-6-25-14-15)13-17(26-22(21)24)20-18(28)4-1-5-19(20)30-12-9-27-7-10-29-11-8-27/h1,4-5,13,15,25,28H,2-3,6-12,14,23H2,(H2,24,26). The summed E-state index contributed by atoms with van der Waals surface area (Å²) in [6.07, 6.45) is 2.14. The Bertz CT molecular complexity index is 864. The third-order valence-corrected chi connectivity index (χ3v) is 5.89. The maximum absolute atomic E-state index is 10.6. The van der Waals surface area contributed by atoms with E-state index in [4.69, 9.17) is 20.9 Å². The molecule has 6 N–H and O–H groups in total. The van der Waals surface area contributed by atoms with Gasteiger partial charge in [0.25, 0.3) is 0 Å². The fourth-order valence-electron chi connectivity index (χ4n) is 4.19. The summed E-state index contributed by atoms with van der Waals surface area (Å²) < 4.78 is 11.5. The number of piperidine rings is 1. The van der Waals surface area contributed by atoms with Gasteiger partial charge in [-0.25, -0.2) is 4.98 Å². The van der Waals surface area contributed by atoms with E-state index in [2.05, 4.69) is 15.2 Å². The molecule has 2 aliphatic heterocycles. The van der Waals surface area contributed by atoms with Crippen molar-refractivity contribution in [3.05, 3.63) is 29.8 Å². The summed E-state index contributed by atoms with van der Waals surface area (Å²) in [4.78, 5) is 6.79. The Hall–Kier alpha value is -2.55. The molecule has 0 amide bonds. The van der Waals surface area contributed by atoms with Crippen LogP contribution in [0.3, 0.4) is 0 Å². The zero-order valence-corrected chi connectivity index (χ0v) is 17.3. The first-order chi connectivity index (χ1) is 14.6. The van der Waals surface area contributed by atoms with Crippen LogP contribution >= 0.6 is 0 Å². The zero-order chi connectivity index (χ0) is 20.9. The van der Waals surface area contributed by atoms with Crippen LogP contribution in [-0.2, 0) is 4.74 Å². The number of hydrogen-bond acceptors (Lipinski definition) is 8. The molecule has 0 saturated carbocycles. The normalized spacial score (nSPS) is 20.2. The quantitative estimate of drug-likeness (QED) is 0.566. The number of phenols is 1. The number of pyridine rings is 1. The molecule has 0 bridgehead atoms. The minimum absolute atomic E-state index is 0.114. The molecule has 2 fully saturated rings. The lowest BCUT2D eigenvalue weighted by Crippen LogP contribution is -2.38.